The molecule has 4 rings (SSSR count). The molecule has 2 fully saturated rings. The zero-order valence-electron chi connectivity index (χ0n) is 14.3. The van der Waals surface area contributed by atoms with Crippen LogP contribution in [-0.2, 0) is 0 Å². The fourth-order valence-electron chi connectivity index (χ4n) is 5.16. The van der Waals surface area contributed by atoms with Crippen LogP contribution in [0.2, 0.25) is 0 Å². The molecule has 122 valence electrons. The van der Waals surface area contributed by atoms with Crippen molar-refractivity contribution in [3.05, 3.63) is 42.5 Å². The lowest BCUT2D eigenvalue weighted by molar-refractivity contribution is -0.127. The topological polar surface area (TPSA) is 26.7 Å². The van der Waals surface area contributed by atoms with Crippen molar-refractivity contribution >= 4 is 16.5 Å². The maximum atomic E-state index is 10.9. The highest BCUT2D eigenvalue weighted by Crippen LogP contribution is 2.47. The van der Waals surface area contributed by atoms with E-state index in [1.54, 1.807) is 0 Å². The highest BCUT2D eigenvalue weighted by molar-refractivity contribution is 5.94. The van der Waals surface area contributed by atoms with Crippen LogP contribution in [0.5, 0.6) is 0 Å². The third-order valence-electron chi connectivity index (χ3n) is 5.79. The number of hydrogen-bond acceptors (Lipinski definition) is 3. The van der Waals surface area contributed by atoms with Gasteiger partial charge in [-0.2, -0.15) is 0 Å². The number of aliphatic hydroxyl groups is 1. The van der Waals surface area contributed by atoms with Gasteiger partial charge in [0.1, 0.15) is 0 Å². The van der Waals surface area contributed by atoms with Crippen molar-refractivity contribution < 1.29 is 5.11 Å². The molecule has 1 N–H and O–H groups in total. The summed E-state index contributed by atoms with van der Waals surface area (Å²) >= 11 is 0. The maximum absolute atomic E-state index is 10.9. The van der Waals surface area contributed by atoms with Gasteiger partial charge in [0.15, 0.2) is 0 Å². The Morgan fingerprint density at radius 1 is 0.913 bits per heavy atom. The SMILES string of the molecule is CN1CC2(C)CN(c3cccc4ccccc34)CC(C)(C1)C2O. The summed E-state index contributed by atoms with van der Waals surface area (Å²) in [7, 11) is 2.18. The second-order valence-corrected chi connectivity index (χ2v) is 8.24. The zero-order chi connectivity index (χ0) is 16.2. The van der Waals surface area contributed by atoms with E-state index in [0.717, 1.165) is 26.2 Å². The molecule has 2 aromatic rings. The molecule has 0 aliphatic carbocycles. The molecule has 3 heteroatoms. The molecule has 2 heterocycles. The third-order valence-corrected chi connectivity index (χ3v) is 5.79. The summed E-state index contributed by atoms with van der Waals surface area (Å²) in [6, 6.07) is 15.1. The molecule has 2 aliphatic rings. The Balaban J connectivity index is 1.79. The molecule has 2 aliphatic heterocycles. The normalized spacial score (nSPS) is 34.8. The second-order valence-electron chi connectivity index (χ2n) is 8.24. The molecule has 0 spiro atoms. The molecule has 2 atom stereocenters. The van der Waals surface area contributed by atoms with Gasteiger partial charge >= 0.3 is 0 Å². The van der Waals surface area contributed by atoms with E-state index in [2.05, 4.69) is 73.2 Å². The van der Waals surface area contributed by atoms with Crippen molar-refractivity contribution in [2.45, 2.75) is 20.0 Å². The van der Waals surface area contributed by atoms with Gasteiger partial charge in [0, 0.05) is 48.1 Å². The maximum Gasteiger partial charge on any atom is 0.0705 e. The standard InChI is InChI=1S/C20H26N2O/c1-19-11-21(3)12-20(2,18(19)23)14-22(13-19)17-10-6-8-15-7-4-5-9-16(15)17/h4-10,18,23H,11-14H2,1-3H3. The van der Waals surface area contributed by atoms with E-state index in [4.69, 9.17) is 0 Å². The monoisotopic (exact) mass is 310 g/mol. The fraction of sp³-hybridized carbons (Fsp3) is 0.500. The van der Waals surface area contributed by atoms with Gasteiger partial charge in [-0.05, 0) is 18.5 Å². The number of fused-ring (bicyclic) bond motifs is 3. The quantitative estimate of drug-likeness (QED) is 0.877. The van der Waals surface area contributed by atoms with Gasteiger partial charge in [-0.15, -0.1) is 0 Å². The number of piperidine rings is 2. The average Bonchev–Trinajstić information content (AvgIpc) is 2.50. The van der Waals surface area contributed by atoms with Crippen LogP contribution in [0, 0.1) is 10.8 Å². The van der Waals surface area contributed by atoms with Crippen molar-refractivity contribution in [3.63, 3.8) is 0 Å². The van der Waals surface area contributed by atoms with Gasteiger partial charge < -0.3 is 14.9 Å². The summed E-state index contributed by atoms with van der Waals surface area (Å²) in [4.78, 5) is 4.88. The summed E-state index contributed by atoms with van der Waals surface area (Å²) in [5, 5.41) is 13.5. The zero-order valence-corrected chi connectivity index (χ0v) is 14.3. The fourth-order valence-corrected chi connectivity index (χ4v) is 5.16. The van der Waals surface area contributed by atoms with E-state index in [-0.39, 0.29) is 16.9 Å². The highest BCUT2D eigenvalue weighted by atomic mass is 16.3. The number of likely N-dealkylation sites (tertiary alicyclic amines) is 1. The first-order chi connectivity index (χ1) is 10.9. The first-order valence-electron chi connectivity index (χ1n) is 8.51. The third kappa shape index (κ3) is 2.26. The molecule has 0 saturated carbocycles. The summed E-state index contributed by atoms with van der Waals surface area (Å²) in [5.41, 5.74) is 1.13. The Labute approximate surface area is 138 Å². The van der Waals surface area contributed by atoms with Crippen LogP contribution in [0.4, 0.5) is 5.69 Å². The van der Waals surface area contributed by atoms with Crippen molar-refractivity contribution in [2.24, 2.45) is 10.8 Å². The Hall–Kier alpha value is -1.58. The summed E-state index contributed by atoms with van der Waals surface area (Å²) in [6.45, 7) is 8.19. The average molecular weight is 310 g/mol. The van der Waals surface area contributed by atoms with Crippen LogP contribution < -0.4 is 4.90 Å². The first kappa shape index (κ1) is 15.0. The molecule has 0 aromatic heterocycles. The van der Waals surface area contributed by atoms with Gasteiger partial charge in [0.25, 0.3) is 0 Å². The van der Waals surface area contributed by atoms with Crippen LogP contribution in [0.3, 0.4) is 0 Å². The lowest BCUT2D eigenvalue weighted by atomic mass is 9.63. The number of hydrogen-bond donors (Lipinski definition) is 1. The molecule has 2 unspecified atom stereocenters. The Morgan fingerprint density at radius 2 is 1.52 bits per heavy atom. The smallest absolute Gasteiger partial charge is 0.0705 e. The van der Waals surface area contributed by atoms with Gasteiger partial charge in [-0.3, -0.25) is 0 Å². The van der Waals surface area contributed by atoms with Gasteiger partial charge in [0.2, 0.25) is 0 Å². The molecular weight excluding hydrogens is 284 g/mol. The van der Waals surface area contributed by atoms with E-state index in [1.807, 2.05) is 0 Å². The molecule has 23 heavy (non-hydrogen) atoms. The Morgan fingerprint density at radius 3 is 2.22 bits per heavy atom. The minimum atomic E-state index is -0.238. The van der Waals surface area contributed by atoms with Crippen LogP contribution in [0.25, 0.3) is 10.8 Å². The van der Waals surface area contributed by atoms with E-state index in [9.17, 15) is 5.11 Å². The van der Waals surface area contributed by atoms with E-state index < -0.39 is 0 Å². The summed E-state index contributed by atoms with van der Waals surface area (Å²) in [5.74, 6) is 0. The molecule has 0 radical (unpaired) electrons. The lowest BCUT2D eigenvalue weighted by Gasteiger charge is -2.60. The van der Waals surface area contributed by atoms with Gasteiger partial charge in [-0.1, -0.05) is 50.2 Å². The molecule has 0 amide bonds. The van der Waals surface area contributed by atoms with Crippen molar-refractivity contribution in [3.8, 4) is 0 Å². The minimum Gasteiger partial charge on any atom is -0.392 e. The van der Waals surface area contributed by atoms with Crippen LogP contribution in [-0.4, -0.2) is 49.3 Å². The van der Waals surface area contributed by atoms with Crippen molar-refractivity contribution in [1.29, 1.82) is 0 Å². The summed E-state index contributed by atoms with van der Waals surface area (Å²) < 4.78 is 0. The van der Waals surface area contributed by atoms with Crippen LogP contribution in [0.15, 0.2) is 42.5 Å². The predicted molar refractivity (Wildman–Crippen MR) is 95.9 cm³/mol. The second kappa shape index (κ2) is 4.96. The molecule has 2 saturated heterocycles. The molecule has 2 aromatic carbocycles. The van der Waals surface area contributed by atoms with Gasteiger partial charge in [0.05, 0.1) is 6.10 Å². The van der Waals surface area contributed by atoms with E-state index >= 15 is 0 Å². The largest absolute Gasteiger partial charge is 0.392 e. The predicted octanol–water partition coefficient (Wildman–Crippen LogP) is 2.98. The molecular formula is C20H26N2O. The lowest BCUT2D eigenvalue weighted by Crippen LogP contribution is -2.69. The number of aliphatic hydroxyl groups excluding tert-OH is 1. The van der Waals surface area contributed by atoms with E-state index in [0.29, 0.717) is 0 Å². The minimum absolute atomic E-state index is 0.0864. The highest BCUT2D eigenvalue weighted by Gasteiger charge is 2.55. The van der Waals surface area contributed by atoms with Crippen LogP contribution in [0.1, 0.15) is 13.8 Å². The molecule has 3 nitrogen and oxygen atoms in total. The van der Waals surface area contributed by atoms with Crippen molar-refractivity contribution in [2.75, 3.05) is 38.1 Å². The van der Waals surface area contributed by atoms with Crippen molar-refractivity contribution in [1.82, 2.24) is 4.90 Å². The summed E-state index contributed by atoms with van der Waals surface area (Å²) in [6.07, 6.45) is -0.238. The number of nitrogens with zero attached hydrogens (tertiary/aromatic N) is 2. The number of rotatable bonds is 1. The van der Waals surface area contributed by atoms with Crippen LogP contribution >= 0.6 is 0 Å². The number of anilines is 1. The Kier molecular flexibility index (Phi) is 3.23. The van der Waals surface area contributed by atoms with Gasteiger partial charge in [-0.25, -0.2) is 0 Å². The molecule has 2 bridgehead atoms. The first-order valence-corrected chi connectivity index (χ1v) is 8.51. The number of benzene rings is 2. The van der Waals surface area contributed by atoms with E-state index in [1.165, 1.54) is 16.5 Å². The Bertz CT molecular complexity index is 718.